The quantitative estimate of drug-likeness (QED) is 0.692. The summed E-state index contributed by atoms with van der Waals surface area (Å²) in [5, 5.41) is 3.95. The average Bonchev–Trinajstić information content (AvgIpc) is 3.48. The van der Waals surface area contributed by atoms with Crippen LogP contribution in [0.2, 0.25) is 5.02 Å². The number of hydrogen-bond acceptors (Lipinski definition) is 5. The van der Waals surface area contributed by atoms with Gasteiger partial charge in [-0.05, 0) is 63.5 Å². The predicted molar refractivity (Wildman–Crippen MR) is 106 cm³/mol. The Balaban J connectivity index is 1.69. The molecule has 26 heavy (non-hydrogen) atoms. The van der Waals surface area contributed by atoms with Gasteiger partial charge in [-0.3, -0.25) is 0 Å². The molecule has 1 aromatic carbocycles. The molecular formula is C20H22ClN5. The molecule has 4 rings (SSSR count). The first-order valence-electron chi connectivity index (χ1n) is 9.09. The Labute approximate surface area is 158 Å². The first-order valence-corrected chi connectivity index (χ1v) is 9.47. The molecule has 2 aromatic rings. The lowest BCUT2D eigenvalue weighted by Crippen LogP contribution is -2.05. The molecule has 0 atom stereocenters. The Morgan fingerprint density at radius 3 is 2.65 bits per heavy atom. The number of halogens is 1. The van der Waals surface area contributed by atoms with E-state index in [9.17, 15) is 0 Å². The SMILES string of the molecule is CC(=CC1CC1)Nc1nc(/N=C(\C)C2CC2)nc(-c2cccc(Cl)c2)n1. The first-order chi connectivity index (χ1) is 12.6. The Morgan fingerprint density at radius 2 is 1.96 bits per heavy atom. The van der Waals surface area contributed by atoms with Crippen LogP contribution < -0.4 is 5.32 Å². The van der Waals surface area contributed by atoms with Crippen molar-refractivity contribution in [3.8, 4) is 11.4 Å². The lowest BCUT2D eigenvalue weighted by molar-refractivity contribution is 1.02. The predicted octanol–water partition coefficient (Wildman–Crippen LogP) is 5.42. The highest BCUT2D eigenvalue weighted by molar-refractivity contribution is 6.30. The van der Waals surface area contributed by atoms with E-state index in [1.54, 1.807) is 0 Å². The maximum atomic E-state index is 6.13. The highest BCUT2D eigenvalue weighted by Crippen LogP contribution is 2.32. The van der Waals surface area contributed by atoms with Crippen LogP contribution in [0.1, 0.15) is 39.5 Å². The van der Waals surface area contributed by atoms with Crippen molar-refractivity contribution in [2.75, 3.05) is 5.32 Å². The van der Waals surface area contributed by atoms with Crippen molar-refractivity contribution in [1.82, 2.24) is 15.0 Å². The van der Waals surface area contributed by atoms with Gasteiger partial charge in [0.1, 0.15) is 0 Å². The second-order valence-corrected chi connectivity index (χ2v) is 7.57. The van der Waals surface area contributed by atoms with Crippen LogP contribution in [0.25, 0.3) is 11.4 Å². The second kappa shape index (κ2) is 7.16. The van der Waals surface area contributed by atoms with Crippen molar-refractivity contribution in [1.29, 1.82) is 0 Å². The highest BCUT2D eigenvalue weighted by Gasteiger charge is 2.25. The standard InChI is InChI=1S/C20H22ClN5/c1-12(10-14-6-7-14)22-19-24-18(16-4-3-5-17(21)11-16)25-20(26-19)23-13(2)15-8-9-15/h3-5,10-11,14-15H,6-9H2,1-2H3,(H,22,24,25,26)/b12-10?,23-13+. The third-order valence-electron chi connectivity index (χ3n) is 4.57. The van der Waals surface area contributed by atoms with E-state index in [1.807, 2.05) is 38.1 Å². The molecule has 2 fully saturated rings. The largest absolute Gasteiger partial charge is 0.328 e. The Hall–Kier alpha value is -2.27. The van der Waals surface area contributed by atoms with Gasteiger partial charge in [0.2, 0.25) is 5.95 Å². The van der Waals surface area contributed by atoms with Crippen molar-refractivity contribution >= 4 is 29.2 Å². The normalized spacial score (nSPS) is 18.1. The molecule has 0 saturated heterocycles. The summed E-state index contributed by atoms with van der Waals surface area (Å²) in [6, 6.07) is 7.53. The minimum Gasteiger partial charge on any atom is -0.328 e. The molecule has 0 spiro atoms. The number of nitrogens with zero attached hydrogens (tertiary/aromatic N) is 4. The number of anilines is 1. The fourth-order valence-electron chi connectivity index (χ4n) is 2.81. The van der Waals surface area contributed by atoms with Gasteiger partial charge in [-0.25, -0.2) is 4.99 Å². The van der Waals surface area contributed by atoms with Gasteiger partial charge in [0.15, 0.2) is 5.82 Å². The Morgan fingerprint density at radius 1 is 1.15 bits per heavy atom. The van der Waals surface area contributed by atoms with Crippen LogP contribution in [0.4, 0.5) is 11.9 Å². The topological polar surface area (TPSA) is 63.1 Å². The van der Waals surface area contributed by atoms with E-state index in [4.69, 9.17) is 11.6 Å². The number of nitrogens with one attached hydrogen (secondary N) is 1. The van der Waals surface area contributed by atoms with Crippen LogP contribution in [0.15, 0.2) is 41.0 Å². The number of aliphatic imine (C=N–C) groups is 1. The molecule has 1 N–H and O–H groups in total. The minimum absolute atomic E-state index is 0.445. The molecule has 1 heterocycles. The molecule has 2 saturated carbocycles. The summed E-state index contributed by atoms with van der Waals surface area (Å²) in [4.78, 5) is 18.3. The van der Waals surface area contributed by atoms with E-state index in [-0.39, 0.29) is 0 Å². The molecule has 2 aliphatic rings. The summed E-state index contributed by atoms with van der Waals surface area (Å²) in [7, 11) is 0. The van der Waals surface area contributed by atoms with Crippen LogP contribution in [0.5, 0.6) is 0 Å². The number of aromatic nitrogens is 3. The molecule has 134 valence electrons. The van der Waals surface area contributed by atoms with Gasteiger partial charge in [-0.1, -0.05) is 29.8 Å². The lowest BCUT2D eigenvalue weighted by Gasteiger charge is -2.08. The van der Waals surface area contributed by atoms with Crippen molar-refractivity contribution in [3.05, 3.63) is 41.1 Å². The van der Waals surface area contributed by atoms with E-state index in [0.717, 1.165) is 17.0 Å². The van der Waals surface area contributed by atoms with Gasteiger partial charge < -0.3 is 5.32 Å². The zero-order chi connectivity index (χ0) is 18.1. The zero-order valence-electron chi connectivity index (χ0n) is 15.0. The van der Waals surface area contributed by atoms with Crippen LogP contribution in [-0.2, 0) is 0 Å². The molecule has 0 bridgehead atoms. The fourth-order valence-corrected chi connectivity index (χ4v) is 3.00. The number of allylic oxidation sites excluding steroid dienone is 2. The smallest absolute Gasteiger partial charge is 0.254 e. The van der Waals surface area contributed by atoms with Crippen LogP contribution in [-0.4, -0.2) is 20.7 Å². The van der Waals surface area contributed by atoms with Gasteiger partial charge >= 0.3 is 0 Å². The minimum atomic E-state index is 0.445. The van der Waals surface area contributed by atoms with Crippen molar-refractivity contribution < 1.29 is 0 Å². The molecule has 0 unspecified atom stereocenters. The van der Waals surface area contributed by atoms with Crippen LogP contribution in [0.3, 0.4) is 0 Å². The molecule has 5 nitrogen and oxygen atoms in total. The van der Waals surface area contributed by atoms with Crippen molar-refractivity contribution in [2.45, 2.75) is 39.5 Å². The molecule has 0 radical (unpaired) electrons. The summed E-state index contributed by atoms with van der Waals surface area (Å²) in [5.74, 6) is 2.81. The highest BCUT2D eigenvalue weighted by atomic mass is 35.5. The number of rotatable bonds is 6. The summed E-state index contributed by atoms with van der Waals surface area (Å²) in [6.07, 6.45) is 7.17. The summed E-state index contributed by atoms with van der Waals surface area (Å²) >= 11 is 6.13. The van der Waals surface area contributed by atoms with Crippen LogP contribution >= 0.6 is 11.6 Å². The van der Waals surface area contributed by atoms with Crippen LogP contribution in [0, 0.1) is 11.8 Å². The van der Waals surface area contributed by atoms with Crippen molar-refractivity contribution in [3.63, 3.8) is 0 Å². The molecule has 0 aliphatic heterocycles. The first kappa shape index (κ1) is 17.2. The van der Waals surface area contributed by atoms with E-state index in [1.165, 1.54) is 25.7 Å². The Bertz CT molecular complexity index is 882. The molecule has 0 amide bonds. The fraction of sp³-hybridized carbons (Fsp3) is 0.400. The lowest BCUT2D eigenvalue weighted by atomic mass is 10.2. The summed E-state index contributed by atoms with van der Waals surface area (Å²) in [5.41, 5.74) is 3.00. The second-order valence-electron chi connectivity index (χ2n) is 7.13. The third kappa shape index (κ3) is 4.47. The Kier molecular flexibility index (Phi) is 4.72. The van der Waals surface area contributed by atoms with E-state index in [2.05, 4.69) is 31.3 Å². The summed E-state index contributed by atoms with van der Waals surface area (Å²) < 4.78 is 0. The maximum Gasteiger partial charge on any atom is 0.254 e. The number of hydrogen-bond donors (Lipinski definition) is 1. The number of benzene rings is 1. The van der Waals surface area contributed by atoms with Gasteiger partial charge in [-0.15, -0.1) is 0 Å². The maximum absolute atomic E-state index is 6.13. The van der Waals surface area contributed by atoms with E-state index in [0.29, 0.717) is 34.6 Å². The van der Waals surface area contributed by atoms with Gasteiger partial charge in [0.05, 0.1) is 0 Å². The molecule has 6 heteroatoms. The van der Waals surface area contributed by atoms with Gasteiger partial charge in [-0.2, -0.15) is 15.0 Å². The molecular weight excluding hydrogens is 346 g/mol. The van der Waals surface area contributed by atoms with Gasteiger partial charge in [0.25, 0.3) is 5.95 Å². The molecule has 1 aromatic heterocycles. The average molecular weight is 368 g/mol. The monoisotopic (exact) mass is 367 g/mol. The molecule has 2 aliphatic carbocycles. The van der Waals surface area contributed by atoms with Crippen molar-refractivity contribution in [2.24, 2.45) is 16.8 Å². The van der Waals surface area contributed by atoms with Gasteiger partial charge in [0, 0.05) is 22.0 Å². The third-order valence-corrected chi connectivity index (χ3v) is 4.80. The zero-order valence-corrected chi connectivity index (χ0v) is 15.8. The van der Waals surface area contributed by atoms with E-state index < -0.39 is 0 Å². The van der Waals surface area contributed by atoms with E-state index >= 15 is 0 Å². The summed E-state index contributed by atoms with van der Waals surface area (Å²) in [6.45, 7) is 4.09.